The minimum atomic E-state index is 0.206. The van der Waals surface area contributed by atoms with Gasteiger partial charge in [-0.05, 0) is 25.0 Å². The van der Waals surface area contributed by atoms with Crippen LogP contribution in [0.4, 0.5) is 0 Å². The van der Waals surface area contributed by atoms with E-state index in [1.54, 1.807) is 7.11 Å². The van der Waals surface area contributed by atoms with Crippen molar-refractivity contribution in [1.29, 1.82) is 0 Å². The molecule has 2 heterocycles. The Morgan fingerprint density at radius 1 is 1.32 bits per heavy atom. The van der Waals surface area contributed by atoms with E-state index in [2.05, 4.69) is 15.5 Å². The van der Waals surface area contributed by atoms with Gasteiger partial charge in [-0.2, -0.15) is 0 Å². The van der Waals surface area contributed by atoms with Crippen molar-refractivity contribution in [2.45, 2.75) is 37.8 Å². The minimum Gasteiger partial charge on any atom is -0.383 e. The van der Waals surface area contributed by atoms with Gasteiger partial charge < -0.3 is 14.2 Å². The number of rotatable bonds is 5. The Hall–Kier alpha value is -1.88. The number of benzene rings is 1. The average Bonchev–Trinajstić information content (AvgIpc) is 3.20. The third kappa shape index (κ3) is 2.29. The van der Waals surface area contributed by atoms with Gasteiger partial charge in [0.1, 0.15) is 5.82 Å². The van der Waals surface area contributed by atoms with Crippen molar-refractivity contribution in [2.75, 3.05) is 20.3 Å². The van der Waals surface area contributed by atoms with Crippen LogP contribution in [0, 0.1) is 0 Å². The fraction of sp³-hybridized carbons (Fsp3) is 0.529. The van der Waals surface area contributed by atoms with E-state index in [1.807, 2.05) is 18.2 Å². The molecule has 4 rings (SSSR count). The third-order valence-corrected chi connectivity index (χ3v) is 4.71. The molecule has 5 heteroatoms. The number of imidazole rings is 1. The van der Waals surface area contributed by atoms with Crippen LogP contribution in [0.3, 0.4) is 0 Å². The normalized spacial score (nSPS) is 22.0. The quantitative estimate of drug-likeness (QED) is 0.850. The second-order valence-corrected chi connectivity index (χ2v) is 6.28. The summed E-state index contributed by atoms with van der Waals surface area (Å²) in [5.41, 5.74) is 2.14. The maximum Gasteiger partial charge on any atom is 0.223 e. The Bertz CT molecular complexity index is 705. The Morgan fingerprint density at radius 2 is 2.14 bits per heavy atom. The van der Waals surface area contributed by atoms with Gasteiger partial charge >= 0.3 is 0 Å². The van der Waals surface area contributed by atoms with Crippen LogP contribution in [0.1, 0.15) is 31.0 Å². The topological polar surface area (TPSA) is 47.4 Å². The molecule has 1 amide bonds. The molecule has 1 aliphatic heterocycles. The Balaban J connectivity index is 1.69. The summed E-state index contributed by atoms with van der Waals surface area (Å²) in [7, 11) is 1.71. The van der Waals surface area contributed by atoms with Crippen LogP contribution in [0.25, 0.3) is 11.0 Å². The van der Waals surface area contributed by atoms with Crippen LogP contribution in [0.5, 0.6) is 0 Å². The average molecular weight is 299 g/mol. The molecule has 2 aromatic rings. The molecule has 1 saturated carbocycles. The molecular weight excluding hydrogens is 278 g/mol. The molecule has 1 aromatic carbocycles. The van der Waals surface area contributed by atoms with Crippen molar-refractivity contribution in [1.82, 2.24) is 14.5 Å². The van der Waals surface area contributed by atoms with Crippen LogP contribution in [0.15, 0.2) is 24.3 Å². The van der Waals surface area contributed by atoms with Crippen LogP contribution in [-0.2, 0) is 16.1 Å². The molecule has 0 radical (unpaired) electrons. The molecule has 1 aromatic heterocycles. The van der Waals surface area contributed by atoms with Gasteiger partial charge in [-0.15, -0.1) is 0 Å². The van der Waals surface area contributed by atoms with Crippen LogP contribution < -0.4 is 0 Å². The van der Waals surface area contributed by atoms with Gasteiger partial charge in [0.05, 0.1) is 17.6 Å². The first-order valence-electron chi connectivity index (χ1n) is 8.01. The Labute approximate surface area is 129 Å². The van der Waals surface area contributed by atoms with E-state index in [1.165, 1.54) is 12.8 Å². The summed E-state index contributed by atoms with van der Waals surface area (Å²) >= 11 is 0. The molecule has 1 unspecified atom stereocenters. The highest BCUT2D eigenvalue weighted by molar-refractivity contribution is 5.81. The number of amides is 1. The molecule has 116 valence electrons. The molecule has 22 heavy (non-hydrogen) atoms. The van der Waals surface area contributed by atoms with E-state index in [9.17, 15) is 4.79 Å². The number of methoxy groups -OCH3 is 1. The van der Waals surface area contributed by atoms with Crippen LogP contribution in [0.2, 0.25) is 0 Å². The summed E-state index contributed by atoms with van der Waals surface area (Å²) in [6.45, 7) is 2.25. The van der Waals surface area contributed by atoms with E-state index in [4.69, 9.17) is 9.72 Å². The largest absolute Gasteiger partial charge is 0.383 e. The lowest BCUT2D eigenvalue weighted by Gasteiger charge is -2.16. The lowest BCUT2D eigenvalue weighted by atomic mass is 10.1. The monoisotopic (exact) mass is 299 g/mol. The smallest absolute Gasteiger partial charge is 0.223 e. The maximum absolute atomic E-state index is 12.2. The SMILES string of the molecule is COCCn1c(C2CC(=O)N(C3CC3)C2)nc2ccccc21. The zero-order valence-electron chi connectivity index (χ0n) is 12.9. The second-order valence-electron chi connectivity index (χ2n) is 6.28. The van der Waals surface area contributed by atoms with E-state index in [0.29, 0.717) is 19.1 Å². The standard InChI is InChI=1S/C17H21N3O2/c1-22-9-8-19-15-5-3-2-4-14(15)18-17(19)12-10-16(21)20(11-12)13-6-7-13/h2-5,12-13H,6-11H2,1H3. The molecule has 2 aliphatic rings. The van der Waals surface area contributed by atoms with Gasteiger partial charge in [-0.1, -0.05) is 12.1 Å². The van der Waals surface area contributed by atoms with Crippen LogP contribution >= 0.6 is 0 Å². The van der Waals surface area contributed by atoms with E-state index >= 15 is 0 Å². The van der Waals surface area contributed by atoms with Crippen molar-refractivity contribution in [3.8, 4) is 0 Å². The zero-order valence-corrected chi connectivity index (χ0v) is 12.9. The number of carbonyl (C=O) groups excluding carboxylic acids is 1. The van der Waals surface area contributed by atoms with E-state index in [-0.39, 0.29) is 11.8 Å². The molecule has 1 saturated heterocycles. The van der Waals surface area contributed by atoms with Gasteiger partial charge in [0.15, 0.2) is 0 Å². The Kier molecular flexibility index (Phi) is 3.37. The summed E-state index contributed by atoms with van der Waals surface area (Å²) in [4.78, 5) is 19.1. The molecule has 1 atom stereocenters. The van der Waals surface area contributed by atoms with Crippen molar-refractivity contribution in [3.05, 3.63) is 30.1 Å². The summed E-state index contributed by atoms with van der Waals surface area (Å²) in [5.74, 6) is 1.53. The summed E-state index contributed by atoms with van der Waals surface area (Å²) < 4.78 is 7.48. The predicted molar refractivity (Wildman–Crippen MR) is 83.7 cm³/mol. The van der Waals surface area contributed by atoms with Crippen molar-refractivity contribution < 1.29 is 9.53 Å². The number of nitrogens with zero attached hydrogens (tertiary/aromatic N) is 3. The summed E-state index contributed by atoms with van der Waals surface area (Å²) in [5, 5.41) is 0. The number of para-hydroxylation sites is 2. The fourth-order valence-electron chi connectivity index (χ4n) is 3.47. The first-order chi connectivity index (χ1) is 10.8. The highest BCUT2D eigenvalue weighted by atomic mass is 16.5. The first-order valence-corrected chi connectivity index (χ1v) is 8.01. The molecule has 0 spiro atoms. The summed E-state index contributed by atoms with van der Waals surface area (Å²) in [6, 6.07) is 8.67. The van der Waals surface area contributed by atoms with Crippen molar-refractivity contribution in [2.24, 2.45) is 0 Å². The third-order valence-electron chi connectivity index (χ3n) is 4.71. The lowest BCUT2D eigenvalue weighted by Crippen LogP contribution is -2.27. The summed E-state index contributed by atoms with van der Waals surface area (Å²) in [6.07, 6.45) is 2.92. The zero-order chi connectivity index (χ0) is 15.1. The van der Waals surface area contributed by atoms with Gasteiger partial charge in [-0.3, -0.25) is 4.79 Å². The number of aromatic nitrogens is 2. The molecule has 0 N–H and O–H groups in total. The highest BCUT2D eigenvalue weighted by Gasteiger charge is 2.41. The molecule has 0 bridgehead atoms. The first kappa shape index (κ1) is 13.8. The van der Waals surface area contributed by atoms with Crippen molar-refractivity contribution in [3.63, 3.8) is 0 Å². The van der Waals surface area contributed by atoms with Crippen molar-refractivity contribution >= 4 is 16.9 Å². The number of hydrogen-bond acceptors (Lipinski definition) is 3. The van der Waals surface area contributed by atoms with Gasteiger partial charge in [0.2, 0.25) is 5.91 Å². The van der Waals surface area contributed by atoms with Gasteiger partial charge in [0, 0.05) is 38.6 Å². The predicted octanol–water partition coefficient (Wildman–Crippen LogP) is 2.16. The second kappa shape index (κ2) is 5.39. The number of likely N-dealkylation sites (tertiary alicyclic amines) is 1. The maximum atomic E-state index is 12.2. The number of ether oxygens (including phenoxy) is 1. The van der Waals surface area contributed by atoms with Gasteiger partial charge in [0.25, 0.3) is 0 Å². The highest BCUT2D eigenvalue weighted by Crippen LogP contribution is 2.37. The van der Waals surface area contributed by atoms with E-state index in [0.717, 1.165) is 29.9 Å². The fourth-order valence-corrected chi connectivity index (χ4v) is 3.47. The van der Waals surface area contributed by atoms with Crippen LogP contribution in [-0.4, -0.2) is 46.7 Å². The lowest BCUT2D eigenvalue weighted by molar-refractivity contribution is -0.128. The van der Waals surface area contributed by atoms with Gasteiger partial charge in [-0.25, -0.2) is 4.98 Å². The minimum absolute atomic E-state index is 0.206. The molecule has 2 fully saturated rings. The molecular formula is C17H21N3O2. The number of fused-ring (bicyclic) bond motifs is 1. The molecule has 5 nitrogen and oxygen atoms in total. The molecule has 1 aliphatic carbocycles. The van der Waals surface area contributed by atoms with E-state index < -0.39 is 0 Å². The number of carbonyl (C=O) groups is 1. The Morgan fingerprint density at radius 3 is 2.91 bits per heavy atom. The number of hydrogen-bond donors (Lipinski definition) is 0.